The smallest absolute Gasteiger partial charge is 0.266 e. The van der Waals surface area contributed by atoms with Crippen molar-refractivity contribution in [3.8, 4) is 17.0 Å². The summed E-state index contributed by atoms with van der Waals surface area (Å²) in [6, 6.07) is 15.3. The Morgan fingerprint density at radius 3 is 2.43 bits per heavy atom. The predicted octanol–water partition coefficient (Wildman–Crippen LogP) is 7.12. The molecule has 0 N–H and O–H groups in total. The average Bonchev–Trinajstić information content (AvgIpc) is 3.16. The van der Waals surface area contributed by atoms with Gasteiger partial charge >= 0.3 is 0 Å². The summed E-state index contributed by atoms with van der Waals surface area (Å²) in [5, 5.41) is 5.72. The number of aryl methyl sites for hydroxylation is 2. The molecule has 146 valence electrons. The molecule has 4 rings (SSSR count). The van der Waals surface area contributed by atoms with Crippen LogP contribution in [0.5, 0.6) is 5.75 Å². The number of rotatable bonds is 4. The molecule has 4 nitrogen and oxygen atoms in total. The van der Waals surface area contributed by atoms with E-state index in [-0.39, 0.29) is 0 Å². The van der Waals surface area contributed by atoms with Crippen molar-refractivity contribution in [1.82, 2.24) is 9.61 Å². The Kier molecular flexibility index (Phi) is 6.32. The third-order valence-corrected chi connectivity index (χ3v) is 4.72. The van der Waals surface area contributed by atoms with Crippen molar-refractivity contribution in [3.05, 3.63) is 75.6 Å². The van der Waals surface area contributed by atoms with Crippen LogP contribution < -0.4 is 4.74 Å². The van der Waals surface area contributed by atoms with Crippen molar-refractivity contribution < 1.29 is 9.15 Å². The highest BCUT2D eigenvalue weighted by molar-refractivity contribution is 6.36. The van der Waals surface area contributed by atoms with E-state index in [0.717, 1.165) is 22.5 Å². The van der Waals surface area contributed by atoms with E-state index >= 15 is 0 Å². The molecular weight excluding hydrogens is 395 g/mol. The van der Waals surface area contributed by atoms with Gasteiger partial charge in [-0.05, 0) is 37.6 Å². The van der Waals surface area contributed by atoms with Gasteiger partial charge in [0.05, 0.1) is 5.02 Å². The minimum atomic E-state index is 0.444. The van der Waals surface area contributed by atoms with E-state index in [2.05, 4.69) is 5.10 Å². The minimum Gasteiger partial charge on any atom is -0.482 e. The first-order chi connectivity index (χ1) is 13.5. The quantitative estimate of drug-likeness (QED) is 0.355. The van der Waals surface area contributed by atoms with Crippen LogP contribution in [0, 0.1) is 13.8 Å². The average molecular weight is 417 g/mol. The zero-order chi connectivity index (χ0) is 20.3. The lowest BCUT2D eigenvalue weighted by atomic mass is 10.1. The highest BCUT2D eigenvalue weighted by atomic mass is 35.5. The zero-order valence-corrected chi connectivity index (χ0v) is 17.8. The highest BCUT2D eigenvalue weighted by Crippen LogP contribution is 2.37. The van der Waals surface area contributed by atoms with Gasteiger partial charge in [0.2, 0.25) is 5.75 Å². The molecular formula is C22H22Cl2N2O2. The molecule has 28 heavy (non-hydrogen) atoms. The van der Waals surface area contributed by atoms with Gasteiger partial charge in [-0.1, -0.05) is 67.4 Å². The third kappa shape index (κ3) is 3.89. The Balaban J connectivity index is 0.00000109. The lowest BCUT2D eigenvalue weighted by Crippen LogP contribution is -1.95. The molecule has 0 radical (unpaired) electrons. The monoisotopic (exact) mass is 416 g/mol. The van der Waals surface area contributed by atoms with E-state index in [9.17, 15) is 0 Å². The van der Waals surface area contributed by atoms with Gasteiger partial charge in [0.25, 0.3) is 5.71 Å². The van der Waals surface area contributed by atoms with Gasteiger partial charge in [0.15, 0.2) is 0 Å². The van der Waals surface area contributed by atoms with E-state index in [1.54, 1.807) is 16.6 Å². The summed E-state index contributed by atoms with van der Waals surface area (Å²) in [4.78, 5) is 0. The minimum absolute atomic E-state index is 0.444. The Hall–Kier alpha value is -2.43. The van der Waals surface area contributed by atoms with Crippen LogP contribution in [-0.4, -0.2) is 9.61 Å². The molecule has 2 aromatic heterocycles. The van der Waals surface area contributed by atoms with Crippen LogP contribution in [0.4, 0.5) is 0 Å². The molecule has 0 saturated heterocycles. The molecule has 0 fully saturated rings. The maximum absolute atomic E-state index is 6.38. The number of ether oxygens (including phenoxy) is 1. The summed E-state index contributed by atoms with van der Waals surface area (Å²) in [5.74, 6) is 1.34. The SMILES string of the molecule is CC.Cc1nn2c(-c3ccc(Cl)cc3Cl)c(C)oc2c1OCc1ccccc1. The number of hydrogen-bond acceptors (Lipinski definition) is 3. The third-order valence-electron chi connectivity index (χ3n) is 4.17. The Morgan fingerprint density at radius 2 is 1.75 bits per heavy atom. The Bertz CT molecular complexity index is 1090. The van der Waals surface area contributed by atoms with Gasteiger partial charge in [-0.3, -0.25) is 0 Å². The molecule has 6 heteroatoms. The normalized spacial score (nSPS) is 10.6. The predicted molar refractivity (Wildman–Crippen MR) is 115 cm³/mol. The van der Waals surface area contributed by atoms with E-state index in [4.69, 9.17) is 32.4 Å². The highest BCUT2D eigenvalue weighted by Gasteiger charge is 2.22. The van der Waals surface area contributed by atoms with Crippen LogP contribution in [0.3, 0.4) is 0 Å². The topological polar surface area (TPSA) is 39.7 Å². The lowest BCUT2D eigenvalue weighted by Gasteiger charge is -2.04. The second-order valence-corrected chi connectivity index (χ2v) is 6.88. The van der Waals surface area contributed by atoms with Gasteiger partial charge < -0.3 is 9.15 Å². The van der Waals surface area contributed by atoms with Crippen molar-refractivity contribution in [1.29, 1.82) is 0 Å². The first kappa shape index (κ1) is 20.3. The van der Waals surface area contributed by atoms with Gasteiger partial charge in [-0.25, -0.2) is 0 Å². The lowest BCUT2D eigenvalue weighted by molar-refractivity contribution is 0.302. The van der Waals surface area contributed by atoms with Crippen LogP contribution in [0.25, 0.3) is 17.0 Å². The molecule has 0 aliphatic carbocycles. The molecule has 0 saturated carbocycles. The van der Waals surface area contributed by atoms with Crippen molar-refractivity contribution >= 4 is 28.9 Å². The van der Waals surface area contributed by atoms with Gasteiger partial charge in [-0.2, -0.15) is 9.61 Å². The van der Waals surface area contributed by atoms with Crippen molar-refractivity contribution in [3.63, 3.8) is 0 Å². The summed E-state index contributed by atoms with van der Waals surface area (Å²) in [5.41, 5.74) is 4.00. The van der Waals surface area contributed by atoms with Crippen LogP contribution >= 0.6 is 23.2 Å². The van der Waals surface area contributed by atoms with Gasteiger partial charge in [0, 0.05) is 10.6 Å². The number of hydrogen-bond donors (Lipinski definition) is 0. The molecule has 0 unspecified atom stereocenters. The standard InChI is InChI=1S/C20H16Cl2N2O2.C2H6/c1-12-19(25-11-14-6-4-3-5-7-14)20-24(23-12)18(13(2)26-20)16-9-8-15(21)10-17(16)22;1-2/h3-10H,11H2,1-2H3;1-2H3. The van der Waals surface area contributed by atoms with E-state index in [0.29, 0.717) is 33.9 Å². The van der Waals surface area contributed by atoms with Crippen molar-refractivity contribution in [2.45, 2.75) is 34.3 Å². The number of oxazole rings is 1. The van der Waals surface area contributed by atoms with E-state index < -0.39 is 0 Å². The Morgan fingerprint density at radius 1 is 1.04 bits per heavy atom. The van der Waals surface area contributed by atoms with E-state index in [1.807, 2.05) is 64.1 Å². The fourth-order valence-electron chi connectivity index (χ4n) is 2.96. The number of fused-ring (bicyclic) bond motifs is 1. The summed E-state index contributed by atoms with van der Waals surface area (Å²) in [6.07, 6.45) is 0. The second kappa shape index (κ2) is 8.72. The first-order valence-corrected chi connectivity index (χ1v) is 9.91. The van der Waals surface area contributed by atoms with E-state index in [1.165, 1.54) is 0 Å². The maximum Gasteiger partial charge on any atom is 0.266 e. The summed E-state index contributed by atoms with van der Waals surface area (Å²) < 4.78 is 13.7. The largest absolute Gasteiger partial charge is 0.482 e. The maximum atomic E-state index is 6.38. The van der Waals surface area contributed by atoms with Crippen LogP contribution in [-0.2, 0) is 6.61 Å². The molecule has 4 aromatic rings. The summed E-state index contributed by atoms with van der Waals surface area (Å²) >= 11 is 12.4. The fourth-order valence-corrected chi connectivity index (χ4v) is 3.45. The van der Waals surface area contributed by atoms with Gasteiger partial charge in [0.1, 0.15) is 23.8 Å². The number of nitrogens with zero attached hydrogens (tertiary/aromatic N) is 2. The molecule has 0 aliphatic heterocycles. The molecule has 0 atom stereocenters. The van der Waals surface area contributed by atoms with Crippen LogP contribution in [0.2, 0.25) is 10.0 Å². The molecule has 0 spiro atoms. The molecule has 2 aromatic carbocycles. The summed E-state index contributed by atoms with van der Waals surface area (Å²) in [7, 11) is 0. The van der Waals surface area contributed by atoms with Crippen LogP contribution in [0.15, 0.2) is 52.9 Å². The summed E-state index contributed by atoms with van der Waals surface area (Å²) in [6.45, 7) is 8.22. The fraction of sp³-hybridized carbons (Fsp3) is 0.227. The number of benzene rings is 2. The first-order valence-electron chi connectivity index (χ1n) is 9.15. The van der Waals surface area contributed by atoms with Crippen molar-refractivity contribution in [2.24, 2.45) is 0 Å². The molecule has 2 heterocycles. The molecule has 0 amide bonds. The number of halogens is 2. The number of aromatic nitrogens is 2. The zero-order valence-electron chi connectivity index (χ0n) is 16.3. The van der Waals surface area contributed by atoms with Gasteiger partial charge in [-0.15, -0.1) is 0 Å². The van der Waals surface area contributed by atoms with Crippen molar-refractivity contribution in [2.75, 3.05) is 0 Å². The molecule has 0 aliphatic rings. The molecule has 0 bridgehead atoms. The second-order valence-electron chi connectivity index (χ2n) is 6.04. The van der Waals surface area contributed by atoms with Crippen LogP contribution in [0.1, 0.15) is 30.9 Å². The Labute approximate surface area is 174 Å².